The number of carbonyl (C=O) groups excluding carboxylic acids is 1. The van der Waals surface area contributed by atoms with Crippen molar-refractivity contribution in [2.24, 2.45) is 0 Å². The number of fused-ring (bicyclic) bond motifs is 1. The van der Waals surface area contributed by atoms with Gasteiger partial charge in [-0.3, -0.25) is 9.69 Å². The maximum atomic E-state index is 13.4. The molecular formula is C25H31N3O. The molecule has 0 bridgehead atoms. The summed E-state index contributed by atoms with van der Waals surface area (Å²) in [6.07, 6.45) is 4.50. The van der Waals surface area contributed by atoms with Crippen molar-refractivity contribution in [2.45, 2.75) is 37.6 Å². The van der Waals surface area contributed by atoms with Crippen LogP contribution >= 0.6 is 0 Å². The Morgan fingerprint density at radius 2 is 1.66 bits per heavy atom. The minimum Gasteiger partial charge on any atom is -0.337 e. The summed E-state index contributed by atoms with van der Waals surface area (Å²) in [6, 6.07) is 17.7. The summed E-state index contributed by atoms with van der Waals surface area (Å²) < 4.78 is 0. The van der Waals surface area contributed by atoms with E-state index >= 15 is 0 Å². The summed E-state index contributed by atoms with van der Waals surface area (Å²) in [4.78, 5) is 18.1. The molecule has 29 heavy (non-hydrogen) atoms. The van der Waals surface area contributed by atoms with Gasteiger partial charge in [-0.25, -0.2) is 0 Å². The van der Waals surface area contributed by atoms with E-state index in [1.165, 1.54) is 16.7 Å². The average Bonchev–Trinajstić information content (AvgIpc) is 3.38. The van der Waals surface area contributed by atoms with Gasteiger partial charge in [0.15, 0.2) is 0 Å². The van der Waals surface area contributed by atoms with Crippen molar-refractivity contribution in [3.63, 3.8) is 0 Å². The fourth-order valence-electron chi connectivity index (χ4n) is 5.44. The maximum absolute atomic E-state index is 13.4. The molecule has 0 saturated carbocycles. The molecule has 1 amide bonds. The first-order valence-electron chi connectivity index (χ1n) is 11.2. The number of rotatable bonds is 3. The normalized spacial score (nSPS) is 23.2. The third kappa shape index (κ3) is 3.84. The minimum absolute atomic E-state index is 0.226. The number of carbonyl (C=O) groups is 1. The largest absolute Gasteiger partial charge is 0.337 e. The van der Waals surface area contributed by atoms with Crippen LogP contribution in [0.1, 0.15) is 45.8 Å². The Bertz CT molecular complexity index is 849. The molecule has 2 aromatic carbocycles. The summed E-state index contributed by atoms with van der Waals surface area (Å²) in [6.45, 7) is 5.82. The van der Waals surface area contributed by atoms with Crippen LogP contribution in [0.5, 0.6) is 0 Å². The highest BCUT2D eigenvalue weighted by Crippen LogP contribution is 2.28. The van der Waals surface area contributed by atoms with E-state index in [4.69, 9.17) is 0 Å². The molecule has 2 aromatic rings. The molecule has 3 aliphatic rings. The first-order chi connectivity index (χ1) is 14.3. The van der Waals surface area contributed by atoms with Crippen LogP contribution in [0.4, 0.5) is 0 Å². The fourth-order valence-corrected chi connectivity index (χ4v) is 5.44. The van der Waals surface area contributed by atoms with Gasteiger partial charge in [-0.1, -0.05) is 42.5 Å². The highest BCUT2D eigenvalue weighted by molar-refractivity contribution is 5.96. The van der Waals surface area contributed by atoms with Gasteiger partial charge in [-0.2, -0.15) is 0 Å². The van der Waals surface area contributed by atoms with Gasteiger partial charge in [-0.05, 0) is 60.9 Å². The smallest absolute Gasteiger partial charge is 0.254 e. The zero-order valence-corrected chi connectivity index (χ0v) is 17.1. The average molecular weight is 390 g/mol. The monoisotopic (exact) mass is 389 g/mol. The van der Waals surface area contributed by atoms with E-state index < -0.39 is 0 Å². The Morgan fingerprint density at radius 3 is 2.41 bits per heavy atom. The third-order valence-electron chi connectivity index (χ3n) is 7.05. The van der Waals surface area contributed by atoms with Gasteiger partial charge in [0, 0.05) is 44.3 Å². The molecule has 0 aromatic heterocycles. The summed E-state index contributed by atoms with van der Waals surface area (Å²) >= 11 is 0. The molecule has 5 rings (SSSR count). The van der Waals surface area contributed by atoms with Crippen molar-refractivity contribution in [3.8, 4) is 0 Å². The standard InChI is InChI=1S/C25H31N3O/c29-25(24-9-4-3-8-23(24)21-10-11-26-18-21)28-13-5-12-27(14-15-28)22-16-19-6-1-2-7-20(19)17-22/h1-4,6-9,21-22,26H,5,10-18H2/t21-/m1/s1. The van der Waals surface area contributed by atoms with Gasteiger partial charge in [0.25, 0.3) is 5.91 Å². The van der Waals surface area contributed by atoms with E-state index in [0.717, 1.165) is 70.5 Å². The molecule has 1 N–H and O–H groups in total. The number of benzene rings is 2. The highest BCUT2D eigenvalue weighted by Gasteiger charge is 2.30. The van der Waals surface area contributed by atoms with E-state index in [2.05, 4.69) is 51.5 Å². The number of hydrogen-bond acceptors (Lipinski definition) is 3. The topological polar surface area (TPSA) is 35.6 Å². The third-order valence-corrected chi connectivity index (χ3v) is 7.05. The van der Waals surface area contributed by atoms with Crippen molar-refractivity contribution < 1.29 is 4.79 Å². The van der Waals surface area contributed by atoms with Crippen molar-refractivity contribution in [1.29, 1.82) is 0 Å². The first kappa shape index (κ1) is 18.8. The Balaban J connectivity index is 1.26. The van der Waals surface area contributed by atoms with Gasteiger partial charge >= 0.3 is 0 Å². The van der Waals surface area contributed by atoms with E-state index in [0.29, 0.717) is 12.0 Å². The Kier molecular flexibility index (Phi) is 5.38. The molecule has 2 heterocycles. The van der Waals surface area contributed by atoms with Crippen LogP contribution < -0.4 is 5.32 Å². The Hall–Kier alpha value is -2.17. The molecule has 0 radical (unpaired) electrons. The van der Waals surface area contributed by atoms with E-state index in [1.807, 2.05) is 12.1 Å². The van der Waals surface area contributed by atoms with Crippen LogP contribution in [0.25, 0.3) is 0 Å². The van der Waals surface area contributed by atoms with Gasteiger partial charge in [-0.15, -0.1) is 0 Å². The number of nitrogens with one attached hydrogen (secondary N) is 1. The zero-order valence-electron chi connectivity index (χ0n) is 17.1. The Labute approximate surface area is 173 Å². The molecule has 0 spiro atoms. The predicted octanol–water partition coefficient (Wildman–Crippen LogP) is 3.08. The lowest BCUT2D eigenvalue weighted by molar-refractivity contribution is 0.0756. The van der Waals surface area contributed by atoms with Crippen molar-refractivity contribution in [2.75, 3.05) is 39.3 Å². The summed E-state index contributed by atoms with van der Waals surface area (Å²) in [5, 5.41) is 3.44. The van der Waals surface area contributed by atoms with Gasteiger partial charge in [0.2, 0.25) is 0 Å². The second kappa shape index (κ2) is 8.29. The zero-order chi connectivity index (χ0) is 19.6. The summed E-state index contributed by atoms with van der Waals surface area (Å²) in [5.41, 5.74) is 5.17. The lowest BCUT2D eigenvalue weighted by Crippen LogP contribution is -2.40. The summed E-state index contributed by atoms with van der Waals surface area (Å²) in [7, 11) is 0. The SMILES string of the molecule is O=C(c1ccccc1[C@@H]1CCNC1)N1CCCN(C2Cc3ccccc3C2)CC1. The van der Waals surface area contributed by atoms with Crippen LogP contribution in [0.3, 0.4) is 0 Å². The van der Waals surface area contributed by atoms with Gasteiger partial charge < -0.3 is 10.2 Å². The molecule has 1 aliphatic carbocycles. The Morgan fingerprint density at radius 1 is 0.897 bits per heavy atom. The number of nitrogens with zero attached hydrogens (tertiary/aromatic N) is 2. The van der Waals surface area contributed by atoms with Crippen LogP contribution in [-0.2, 0) is 12.8 Å². The number of hydrogen-bond donors (Lipinski definition) is 1. The van der Waals surface area contributed by atoms with Gasteiger partial charge in [0.1, 0.15) is 0 Å². The molecule has 2 fully saturated rings. The number of amides is 1. The second-order valence-electron chi connectivity index (χ2n) is 8.79. The fraction of sp³-hybridized carbons (Fsp3) is 0.480. The van der Waals surface area contributed by atoms with E-state index in [9.17, 15) is 4.79 Å². The lowest BCUT2D eigenvalue weighted by Gasteiger charge is -2.27. The van der Waals surface area contributed by atoms with E-state index in [1.54, 1.807) is 0 Å². The van der Waals surface area contributed by atoms with Gasteiger partial charge in [0.05, 0.1) is 0 Å². The molecular weight excluding hydrogens is 358 g/mol. The van der Waals surface area contributed by atoms with Crippen LogP contribution in [-0.4, -0.2) is 61.0 Å². The highest BCUT2D eigenvalue weighted by atomic mass is 16.2. The first-order valence-corrected chi connectivity index (χ1v) is 11.2. The quantitative estimate of drug-likeness (QED) is 0.876. The predicted molar refractivity (Wildman–Crippen MR) is 116 cm³/mol. The lowest BCUT2D eigenvalue weighted by atomic mass is 9.93. The molecule has 2 saturated heterocycles. The molecule has 4 heteroatoms. The maximum Gasteiger partial charge on any atom is 0.254 e. The van der Waals surface area contributed by atoms with Crippen LogP contribution in [0, 0.1) is 0 Å². The second-order valence-corrected chi connectivity index (χ2v) is 8.79. The molecule has 0 unspecified atom stereocenters. The molecule has 4 nitrogen and oxygen atoms in total. The minimum atomic E-state index is 0.226. The molecule has 2 aliphatic heterocycles. The van der Waals surface area contributed by atoms with E-state index in [-0.39, 0.29) is 5.91 Å². The van der Waals surface area contributed by atoms with Crippen molar-refractivity contribution >= 4 is 5.91 Å². The summed E-state index contributed by atoms with van der Waals surface area (Å²) in [5.74, 6) is 0.694. The molecule has 152 valence electrons. The molecule has 1 atom stereocenters. The van der Waals surface area contributed by atoms with Crippen molar-refractivity contribution in [3.05, 3.63) is 70.8 Å². The van der Waals surface area contributed by atoms with Crippen LogP contribution in [0.2, 0.25) is 0 Å². The van der Waals surface area contributed by atoms with Crippen molar-refractivity contribution in [1.82, 2.24) is 15.1 Å². The van der Waals surface area contributed by atoms with Crippen LogP contribution in [0.15, 0.2) is 48.5 Å².